The van der Waals surface area contributed by atoms with Crippen molar-refractivity contribution in [2.45, 2.75) is 19.4 Å². The van der Waals surface area contributed by atoms with Gasteiger partial charge in [-0.2, -0.15) is 0 Å². The maximum Gasteiger partial charge on any atom is 0.410 e. The van der Waals surface area contributed by atoms with Crippen molar-refractivity contribution >= 4 is 23.0 Å². The zero-order chi connectivity index (χ0) is 15.4. The molecular weight excluding hydrogens is 272 g/mol. The zero-order valence-electron chi connectivity index (χ0n) is 12.0. The molecule has 21 heavy (non-hydrogen) atoms. The Hall–Kier alpha value is -2.50. The molecule has 1 atom stereocenters. The number of nitrogens with one attached hydrogen (secondary N) is 1. The van der Waals surface area contributed by atoms with Gasteiger partial charge in [0, 0.05) is 30.6 Å². The van der Waals surface area contributed by atoms with Crippen molar-refractivity contribution in [2.75, 3.05) is 13.7 Å². The molecule has 1 aromatic heterocycles. The molecule has 0 aliphatic carbocycles. The third-order valence-electron chi connectivity index (χ3n) is 3.40. The van der Waals surface area contributed by atoms with Gasteiger partial charge in [0.1, 0.15) is 6.04 Å². The quantitative estimate of drug-likeness (QED) is 0.884. The first kappa shape index (κ1) is 14.9. The van der Waals surface area contributed by atoms with Gasteiger partial charge in [0.2, 0.25) is 0 Å². The molecule has 1 aromatic carbocycles. The number of aromatic nitrogens is 1. The van der Waals surface area contributed by atoms with E-state index in [4.69, 9.17) is 4.74 Å². The molecule has 0 unspecified atom stereocenters. The number of hydrogen-bond acceptors (Lipinski definition) is 3. The number of aliphatic carboxylic acids is 1. The van der Waals surface area contributed by atoms with Crippen molar-refractivity contribution in [1.82, 2.24) is 9.88 Å². The summed E-state index contributed by atoms with van der Waals surface area (Å²) in [6, 6.07) is 6.67. The molecule has 0 saturated carbocycles. The summed E-state index contributed by atoms with van der Waals surface area (Å²) in [6.45, 7) is 1.89. The van der Waals surface area contributed by atoms with Gasteiger partial charge in [0.15, 0.2) is 0 Å². The van der Waals surface area contributed by atoms with E-state index in [0.29, 0.717) is 0 Å². The summed E-state index contributed by atoms with van der Waals surface area (Å²) >= 11 is 0. The van der Waals surface area contributed by atoms with Gasteiger partial charge in [-0.15, -0.1) is 0 Å². The van der Waals surface area contributed by atoms with Crippen molar-refractivity contribution in [3.05, 3.63) is 36.0 Å². The first-order chi connectivity index (χ1) is 10.0. The van der Waals surface area contributed by atoms with Crippen molar-refractivity contribution in [3.63, 3.8) is 0 Å². The Bertz CT molecular complexity index is 650. The summed E-state index contributed by atoms with van der Waals surface area (Å²) in [5.74, 6) is -1.06. The maximum absolute atomic E-state index is 11.7. The van der Waals surface area contributed by atoms with Gasteiger partial charge in [0.05, 0.1) is 6.61 Å². The van der Waals surface area contributed by atoms with Gasteiger partial charge < -0.3 is 14.8 Å². The van der Waals surface area contributed by atoms with Crippen LogP contribution in [0, 0.1) is 0 Å². The molecule has 0 radical (unpaired) electrons. The predicted molar refractivity (Wildman–Crippen MR) is 78.2 cm³/mol. The van der Waals surface area contributed by atoms with Crippen molar-refractivity contribution < 1.29 is 19.4 Å². The van der Waals surface area contributed by atoms with E-state index in [1.165, 1.54) is 7.05 Å². The molecule has 1 amide bonds. The number of carboxylic acids is 1. The van der Waals surface area contributed by atoms with Gasteiger partial charge in [-0.25, -0.2) is 9.59 Å². The van der Waals surface area contributed by atoms with Gasteiger partial charge in [-0.05, 0) is 18.6 Å². The number of hydrogen-bond donors (Lipinski definition) is 2. The Morgan fingerprint density at radius 3 is 2.76 bits per heavy atom. The van der Waals surface area contributed by atoms with E-state index >= 15 is 0 Å². The van der Waals surface area contributed by atoms with E-state index < -0.39 is 18.1 Å². The molecule has 6 heteroatoms. The van der Waals surface area contributed by atoms with E-state index in [0.717, 1.165) is 21.4 Å². The van der Waals surface area contributed by atoms with Crippen LogP contribution in [0.15, 0.2) is 30.5 Å². The second-order valence-electron chi connectivity index (χ2n) is 4.73. The number of H-pyrrole nitrogens is 1. The second-order valence-corrected chi connectivity index (χ2v) is 4.73. The number of rotatable bonds is 5. The Morgan fingerprint density at radius 1 is 1.38 bits per heavy atom. The van der Waals surface area contributed by atoms with E-state index in [1.54, 1.807) is 13.1 Å². The first-order valence-corrected chi connectivity index (χ1v) is 6.72. The molecular formula is C15H18N2O4. The number of carboxylic acid groups (broad SMARTS) is 1. The molecule has 2 rings (SSSR count). The molecule has 1 heterocycles. The SMILES string of the molecule is CCOC(=O)N(C)[C@H](Cc1c[nH]c2ccccc12)C(=O)O. The molecule has 2 aromatic rings. The Balaban J connectivity index is 2.24. The Morgan fingerprint density at radius 2 is 2.10 bits per heavy atom. The number of aromatic amines is 1. The number of fused-ring (bicyclic) bond motifs is 1. The molecule has 0 bridgehead atoms. The monoisotopic (exact) mass is 290 g/mol. The van der Waals surface area contributed by atoms with E-state index in [2.05, 4.69) is 4.98 Å². The van der Waals surface area contributed by atoms with Crippen LogP contribution < -0.4 is 0 Å². The van der Waals surface area contributed by atoms with Crippen LogP contribution in [0.1, 0.15) is 12.5 Å². The minimum absolute atomic E-state index is 0.211. The summed E-state index contributed by atoms with van der Waals surface area (Å²) in [5, 5.41) is 10.3. The average molecular weight is 290 g/mol. The third-order valence-corrected chi connectivity index (χ3v) is 3.40. The summed E-state index contributed by atoms with van der Waals surface area (Å²) in [7, 11) is 1.44. The zero-order valence-corrected chi connectivity index (χ0v) is 12.0. The van der Waals surface area contributed by atoms with Gasteiger partial charge in [0.25, 0.3) is 0 Å². The van der Waals surface area contributed by atoms with Crippen LogP contribution in [0.2, 0.25) is 0 Å². The van der Waals surface area contributed by atoms with Crippen LogP contribution in [0.25, 0.3) is 10.9 Å². The number of ether oxygens (including phenoxy) is 1. The van der Waals surface area contributed by atoms with E-state index in [9.17, 15) is 14.7 Å². The molecule has 0 saturated heterocycles. The lowest BCUT2D eigenvalue weighted by Gasteiger charge is -2.23. The molecule has 0 fully saturated rings. The fourth-order valence-electron chi connectivity index (χ4n) is 2.25. The third kappa shape index (κ3) is 3.16. The van der Waals surface area contributed by atoms with Crippen LogP contribution in [-0.2, 0) is 16.0 Å². The second kappa shape index (κ2) is 6.30. The molecule has 0 aliphatic rings. The Kier molecular flexibility index (Phi) is 4.47. The highest BCUT2D eigenvalue weighted by atomic mass is 16.6. The highest BCUT2D eigenvalue weighted by Gasteiger charge is 2.28. The molecule has 112 valence electrons. The fraction of sp³-hybridized carbons (Fsp3) is 0.333. The number of likely N-dealkylation sites (N-methyl/N-ethyl adjacent to an activating group) is 1. The first-order valence-electron chi connectivity index (χ1n) is 6.72. The summed E-state index contributed by atoms with van der Waals surface area (Å²) < 4.78 is 4.86. The van der Waals surface area contributed by atoms with Gasteiger partial charge >= 0.3 is 12.1 Å². The number of para-hydroxylation sites is 1. The topological polar surface area (TPSA) is 82.6 Å². The standard InChI is InChI=1S/C15H18N2O4/c1-3-21-15(20)17(2)13(14(18)19)8-10-9-16-12-7-5-4-6-11(10)12/h4-7,9,13,16H,3,8H2,1-2H3,(H,18,19)/t13-/m1/s1. The van der Waals surface area contributed by atoms with Crippen LogP contribution in [0.5, 0.6) is 0 Å². The fourth-order valence-corrected chi connectivity index (χ4v) is 2.25. The minimum atomic E-state index is -1.06. The molecule has 0 aliphatic heterocycles. The number of carbonyl (C=O) groups is 2. The van der Waals surface area contributed by atoms with Crippen LogP contribution in [0.4, 0.5) is 4.79 Å². The number of carbonyl (C=O) groups excluding carboxylic acids is 1. The Labute approximate surface area is 122 Å². The van der Waals surface area contributed by atoms with E-state index in [1.807, 2.05) is 24.3 Å². The normalized spacial score (nSPS) is 12.1. The highest BCUT2D eigenvalue weighted by molar-refractivity contribution is 5.85. The van der Waals surface area contributed by atoms with Crippen molar-refractivity contribution in [3.8, 4) is 0 Å². The maximum atomic E-state index is 11.7. The number of nitrogens with zero attached hydrogens (tertiary/aromatic N) is 1. The largest absolute Gasteiger partial charge is 0.480 e. The summed E-state index contributed by atoms with van der Waals surface area (Å²) in [4.78, 5) is 27.4. The highest BCUT2D eigenvalue weighted by Crippen LogP contribution is 2.20. The van der Waals surface area contributed by atoms with Crippen LogP contribution in [0.3, 0.4) is 0 Å². The lowest BCUT2D eigenvalue weighted by Crippen LogP contribution is -2.44. The average Bonchev–Trinajstić information content (AvgIpc) is 2.87. The summed E-state index contributed by atoms with van der Waals surface area (Å²) in [5.41, 5.74) is 1.80. The van der Waals surface area contributed by atoms with Crippen LogP contribution in [-0.4, -0.2) is 46.7 Å². The van der Waals surface area contributed by atoms with Crippen molar-refractivity contribution in [2.24, 2.45) is 0 Å². The molecule has 6 nitrogen and oxygen atoms in total. The number of amides is 1. The number of benzene rings is 1. The summed E-state index contributed by atoms with van der Waals surface area (Å²) in [6.07, 6.45) is 1.36. The smallest absolute Gasteiger partial charge is 0.410 e. The lowest BCUT2D eigenvalue weighted by atomic mass is 10.0. The predicted octanol–water partition coefficient (Wildman–Crippen LogP) is 2.25. The van der Waals surface area contributed by atoms with Crippen molar-refractivity contribution in [1.29, 1.82) is 0 Å². The van der Waals surface area contributed by atoms with E-state index in [-0.39, 0.29) is 13.0 Å². The molecule has 0 spiro atoms. The van der Waals surface area contributed by atoms with Gasteiger partial charge in [-0.1, -0.05) is 18.2 Å². The van der Waals surface area contributed by atoms with Gasteiger partial charge in [-0.3, -0.25) is 4.90 Å². The van der Waals surface area contributed by atoms with Crippen LogP contribution >= 0.6 is 0 Å². The lowest BCUT2D eigenvalue weighted by molar-refractivity contribution is -0.142. The minimum Gasteiger partial charge on any atom is -0.480 e. The molecule has 2 N–H and O–H groups in total.